The molecular weight excluding hydrogens is 503 g/mol. The number of rotatable bonds is 0. The first-order chi connectivity index (χ1) is 17.4. The Morgan fingerprint density at radius 1 is 0.903 bits per heavy atom. The summed E-state index contributed by atoms with van der Waals surface area (Å²) in [4.78, 5) is 25.1. The van der Waals surface area contributed by atoms with Crippen molar-refractivity contribution < 1.29 is 17.8 Å². The van der Waals surface area contributed by atoms with E-state index >= 15 is 0 Å². The largest absolute Gasteiger partial charge is 0.358 e. The maximum Gasteiger partial charge on any atom is 0.253 e. The third kappa shape index (κ3) is 3.82. The number of fused-ring (bicyclic) bond motifs is 6. The van der Waals surface area contributed by atoms with Gasteiger partial charge in [-0.2, -0.15) is 0 Å². The summed E-state index contributed by atoms with van der Waals surface area (Å²) in [5.41, 5.74) is 4.66. The zero-order valence-electron chi connectivity index (χ0n) is 22.6. The van der Waals surface area contributed by atoms with Crippen molar-refractivity contribution in [1.29, 1.82) is 0 Å². The summed E-state index contributed by atoms with van der Waals surface area (Å²) >= 11 is 1.38. The first-order valence-electron chi connectivity index (χ1n) is 12.8. The van der Waals surface area contributed by atoms with Crippen molar-refractivity contribution in [2.24, 2.45) is 6.98 Å². The van der Waals surface area contributed by atoms with Crippen LogP contribution in [0.5, 0.6) is 0 Å². The van der Waals surface area contributed by atoms with Gasteiger partial charge in [-0.15, -0.1) is 0 Å². The van der Waals surface area contributed by atoms with E-state index in [1.807, 2.05) is 30.3 Å². The number of para-hydroxylation sites is 2. The summed E-state index contributed by atoms with van der Waals surface area (Å²) in [5.74, 6) is -0.140. The minimum atomic E-state index is -2.26. The van der Waals surface area contributed by atoms with Crippen molar-refractivity contribution in [3.8, 4) is 0 Å². The Hall–Kier alpha value is -2.81. The summed E-state index contributed by atoms with van der Waals surface area (Å²) in [6, 6.07) is 15.0. The molecule has 2 aliphatic heterocycles. The van der Waals surface area contributed by atoms with E-state index in [0.29, 0.717) is 35.1 Å². The Labute approximate surface area is 203 Å². The van der Waals surface area contributed by atoms with Crippen molar-refractivity contribution in [2.45, 2.75) is 12.8 Å². The Morgan fingerprint density at radius 2 is 1.55 bits per heavy atom. The molecule has 0 atom stereocenters. The minimum Gasteiger partial charge on any atom is -0.358 e. The second-order valence-electron chi connectivity index (χ2n) is 7.21. The smallest absolute Gasteiger partial charge is 0.253 e. The predicted molar refractivity (Wildman–Crippen MR) is 133 cm³/mol. The van der Waals surface area contributed by atoms with Gasteiger partial charge in [-0.3, -0.25) is 9.59 Å². The molecule has 0 saturated heterocycles. The highest BCUT2D eigenvalue weighted by molar-refractivity contribution is 14.1. The van der Waals surface area contributed by atoms with Crippen LogP contribution in [0.4, 0.5) is 0 Å². The monoisotopic (exact) mass is 534 g/mol. The molecule has 0 radical (unpaired) electrons. The molecule has 0 saturated carbocycles. The molecule has 3 N–H and O–H groups in total. The van der Waals surface area contributed by atoms with Crippen LogP contribution in [0.3, 0.4) is 0 Å². The highest BCUT2D eigenvalue weighted by atomic mass is 127. The zero-order valence-corrected chi connectivity index (χ0v) is 18.7. The van der Waals surface area contributed by atoms with E-state index < -0.39 is 11.8 Å². The number of nitrogens with one attached hydrogen (secondary N) is 3. The van der Waals surface area contributed by atoms with Crippen LogP contribution in [0, 0.1) is 0 Å². The first-order valence-corrected chi connectivity index (χ1v) is 10.9. The number of alkyl halides is 1. The van der Waals surface area contributed by atoms with E-state index in [1.54, 1.807) is 18.2 Å². The van der Waals surface area contributed by atoms with Crippen LogP contribution in [0.25, 0.3) is 21.8 Å². The van der Waals surface area contributed by atoms with Crippen LogP contribution >= 0.6 is 22.6 Å². The standard InChI is InChI=1S/C12H12N2O.C11H10N2O.CH3I/c1-14-9-5-3-2-4-8(9)11-10(14)6-7-13-12(11)15;14-11-10-7-3-1-2-4-8(7)13-9(10)5-6-12-11;1-2/h2-5H,6-7H2,1H3,(H,13,15);1-4,13H,5-6H2,(H,12,14);1H3/i1D3;;1D3. The number of carbonyl (C=O) groups excluding carboxylic acids is 2. The van der Waals surface area contributed by atoms with Crippen molar-refractivity contribution in [3.63, 3.8) is 0 Å². The molecule has 6 nitrogen and oxygen atoms in total. The van der Waals surface area contributed by atoms with Gasteiger partial charge in [0.15, 0.2) is 0 Å². The van der Waals surface area contributed by atoms with Gasteiger partial charge < -0.3 is 20.2 Å². The molecule has 31 heavy (non-hydrogen) atoms. The fourth-order valence-corrected chi connectivity index (χ4v) is 4.20. The highest BCUT2D eigenvalue weighted by Crippen LogP contribution is 2.27. The van der Waals surface area contributed by atoms with Gasteiger partial charge in [0.05, 0.1) is 11.1 Å². The summed E-state index contributed by atoms with van der Waals surface area (Å²) in [6.07, 6.45) is 1.45. The van der Waals surface area contributed by atoms with Crippen LogP contribution < -0.4 is 10.6 Å². The van der Waals surface area contributed by atoms with Crippen LogP contribution in [0.2, 0.25) is 0 Å². The van der Waals surface area contributed by atoms with E-state index in [-0.39, 0.29) is 11.8 Å². The second-order valence-corrected chi connectivity index (χ2v) is 7.21. The molecule has 2 aromatic carbocycles. The summed E-state index contributed by atoms with van der Waals surface area (Å²) < 4.78 is 43.0. The molecule has 4 heterocycles. The number of aromatic nitrogens is 2. The van der Waals surface area contributed by atoms with Gasteiger partial charge in [-0.05, 0) is 17.0 Å². The van der Waals surface area contributed by atoms with E-state index in [2.05, 4.69) is 15.6 Å². The minimum absolute atomic E-state index is 0.0451. The molecular formula is C24H25IN4O2. The maximum absolute atomic E-state index is 11.9. The average molecular weight is 534 g/mol. The van der Waals surface area contributed by atoms with Gasteiger partial charge >= 0.3 is 0 Å². The highest BCUT2D eigenvalue weighted by Gasteiger charge is 2.23. The summed E-state index contributed by atoms with van der Waals surface area (Å²) in [7, 11) is 0. The zero-order chi connectivity index (χ0) is 27.0. The molecule has 0 unspecified atom stereocenters. The molecule has 2 aliphatic rings. The number of halogens is 1. The molecule has 0 fully saturated rings. The van der Waals surface area contributed by atoms with E-state index in [9.17, 15) is 9.59 Å². The number of aromatic amines is 1. The Bertz CT molecular complexity index is 1470. The number of nitrogens with zero attached hydrogens (tertiary/aromatic N) is 1. The van der Waals surface area contributed by atoms with E-state index in [1.165, 1.54) is 27.2 Å². The average Bonchev–Trinajstić information content (AvgIpc) is 3.35. The number of carbonyl (C=O) groups is 2. The Balaban J connectivity index is 0.000000150. The lowest BCUT2D eigenvalue weighted by Gasteiger charge is -2.14. The van der Waals surface area contributed by atoms with E-state index in [4.69, 9.17) is 8.22 Å². The molecule has 2 aromatic heterocycles. The van der Waals surface area contributed by atoms with E-state index in [0.717, 1.165) is 35.1 Å². The van der Waals surface area contributed by atoms with Gasteiger partial charge in [0.1, 0.15) is 0 Å². The Kier molecular flexibility index (Phi) is 4.44. The number of benzene rings is 2. The topological polar surface area (TPSA) is 78.9 Å². The molecule has 4 aromatic rings. The quantitative estimate of drug-likeness (QED) is 0.236. The lowest BCUT2D eigenvalue weighted by molar-refractivity contribution is 0.0939. The van der Waals surface area contributed by atoms with Crippen LogP contribution in [-0.2, 0) is 19.8 Å². The second kappa shape index (κ2) is 9.13. The van der Waals surface area contributed by atoms with Crippen molar-refractivity contribution in [3.05, 3.63) is 71.0 Å². The number of amides is 2. The molecule has 2 amide bonds. The molecule has 160 valence electrons. The third-order valence-electron chi connectivity index (χ3n) is 5.52. The Morgan fingerprint density at radius 3 is 2.32 bits per heavy atom. The third-order valence-corrected chi connectivity index (χ3v) is 5.52. The maximum atomic E-state index is 11.9. The first kappa shape index (κ1) is 15.1. The van der Waals surface area contributed by atoms with Crippen molar-refractivity contribution >= 4 is 56.2 Å². The summed E-state index contributed by atoms with van der Waals surface area (Å²) in [6.45, 7) is -1.04. The van der Waals surface area contributed by atoms with Crippen molar-refractivity contribution in [1.82, 2.24) is 20.2 Å². The normalized spacial score (nSPS) is 18.1. The van der Waals surface area contributed by atoms with Crippen LogP contribution in [0.1, 0.15) is 40.3 Å². The van der Waals surface area contributed by atoms with Gasteiger partial charge in [-0.1, -0.05) is 59.0 Å². The predicted octanol–water partition coefficient (Wildman–Crippen LogP) is 3.97. The van der Waals surface area contributed by atoms with Crippen LogP contribution in [-0.4, -0.2) is 39.3 Å². The fraction of sp³-hybridized carbons (Fsp3) is 0.250. The molecule has 0 aliphatic carbocycles. The summed E-state index contributed by atoms with van der Waals surface area (Å²) in [5, 5.41) is 7.35. The molecule has 0 bridgehead atoms. The van der Waals surface area contributed by atoms with Crippen molar-refractivity contribution in [2.75, 3.05) is 17.9 Å². The number of hydrogen-bond acceptors (Lipinski definition) is 2. The van der Waals surface area contributed by atoms with Gasteiger partial charge in [0.2, 0.25) is 0 Å². The number of hydrogen-bond donors (Lipinski definition) is 3. The van der Waals surface area contributed by atoms with Gasteiger partial charge in [0, 0.05) is 74.3 Å². The SMILES string of the molecule is O=C1NCCc2[nH]c3ccccc3c21.[2H]C([2H])([2H])I.[2H]C([2H])([2H])n1c2c(c3ccccc31)C(=O)NCC2. The fourth-order valence-electron chi connectivity index (χ4n) is 4.20. The molecule has 7 heteroatoms. The van der Waals surface area contributed by atoms with Gasteiger partial charge in [0.25, 0.3) is 11.8 Å². The molecule has 6 rings (SSSR count). The van der Waals surface area contributed by atoms with Gasteiger partial charge in [-0.25, -0.2) is 0 Å². The number of aryl methyl sites for hydroxylation is 1. The van der Waals surface area contributed by atoms with Crippen LogP contribution in [0.15, 0.2) is 48.5 Å². The lowest BCUT2D eigenvalue weighted by atomic mass is 10.1. The lowest BCUT2D eigenvalue weighted by Crippen LogP contribution is -2.32. The molecule has 0 spiro atoms. The number of H-pyrrole nitrogens is 1.